The number of rotatable bonds is 1. The minimum absolute atomic E-state index is 0.148. The summed E-state index contributed by atoms with van der Waals surface area (Å²) in [6.45, 7) is 3.53. The van der Waals surface area contributed by atoms with Crippen LogP contribution in [0.3, 0.4) is 0 Å². The van der Waals surface area contributed by atoms with Crippen LogP contribution in [0.2, 0.25) is 0 Å². The number of Topliss-reactive ketones (excluding diaryl/α,β-unsaturated/α-hetero) is 2. The number of ketones is 2. The molecular formula is C26H18BrN3O2. The summed E-state index contributed by atoms with van der Waals surface area (Å²) in [5.41, 5.74) is 1.69. The summed E-state index contributed by atoms with van der Waals surface area (Å²) in [7, 11) is 0. The van der Waals surface area contributed by atoms with Crippen LogP contribution in [0.15, 0.2) is 65.4 Å². The molecule has 32 heavy (non-hydrogen) atoms. The Morgan fingerprint density at radius 1 is 0.969 bits per heavy atom. The molecule has 0 spiro atoms. The van der Waals surface area contributed by atoms with Crippen molar-refractivity contribution in [1.82, 2.24) is 15.0 Å². The summed E-state index contributed by atoms with van der Waals surface area (Å²) in [6, 6.07) is 15.8. The SMILES string of the molecule is CC1C(=O)c2c(ccc3c2ccc2c(Br)cccc23)C(C)(c2ncc3[nH]ccc3n2)C1=O. The number of aromatic amines is 1. The van der Waals surface area contributed by atoms with Gasteiger partial charge in [-0.15, -0.1) is 0 Å². The summed E-state index contributed by atoms with van der Waals surface area (Å²) in [4.78, 5) is 39.4. The van der Waals surface area contributed by atoms with E-state index in [2.05, 4.69) is 32.0 Å². The number of fused-ring (bicyclic) bond motifs is 6. The molecule has 5 nitrogen and oxygen atoms in total. The number of nitrogens with one attached hydrogen (secondary N) is 1. The Bertz CT molecular complexity index is 1620. The molecule has 0 saturated carbocycles. The van der Waals surface area contributed by atoms with Gasteiger partial charge in [0.15, 0.2) is 11.6 Å². The highest BCUT2D eigenvalue weighted by Gasteiger charge is 2.50. The molecule has 6 heteroatoms. The Morgan fingerprint density at radius 3 is 2.56 bits per heavy atom. The fraction of sp³-hybridized carbons (Fsp3) is 0.154. The third-order valence-electron chi connectivity index (χ3n) is 6.82. The Morgan fingerprint density at radius 2 is 1.72 bits per heavy atom. The first-order chi connectivity index (χ1) is 15.4. The smallest absolute Gasteiger partial charge is 0.174 e. The number of H-pyrrole nitrogens is 1. The predicted molar refractivity (Wildman–Crippen MR) is 128 cm³/mol. The van der Waals surface area contributed by atoms with E-state index in [1.165, 1.54) is 0 Å². The van der Waals surface area contributed by atoms with E-state index in [0.717, 1.165) is 37.1 Å². The first kappa shape index (κ1) is 19.3. The lowest BCUT2D eigenvalue weighted by atomic mass is 9.64. The van der Waals surface area contributed by atoms with Crippen LogP contribution >= 0.6 is 15.9 Å². The van der Waals surface area contributed by atoms with Crippen LogP contribution in [0.1, 0.15) is 35.6 Å². The van der Waals surface area contributed by atoms with Gasteiger partial charge < -0.3 is 4.98 Å². The molecule has 0 aliphatic heterocycles. The highest BCUT2D eigenvalue weighted by molar-refractivity contribution is 9.10. The standard InChI is InChI=1S/C26H18BrN3O2/c1-13-23(31)22-17-7-6-16-14(4-3-5-19(16)27)15(17)8-9-18(22)26(2,24(13)32)25-29-12-21-20(30-25)10-11-28-21/h3-13,28H,1-2H3. The number of nitrogens with zero attached hydrogens (tertiary/aromatic N) is 2. The quantitative estimate of drug-likeness (QED) is 0.244. The first-order valence-corrected chi connectivity index (χ1v) is 11.2. The summed E-state index contributed by atoms with van der Waals surface area (Å²) < 4.78 is 1.00. The molecule has 1 aliphatic carbocycles. The van der Waals surface area contributed by atoms with E-state index in [-0.39, 0.29) is 11.6 Å². The van der Waals surface area contributed by atoms with Crippen LogP contribution in [0.4, 0.5) is 0 Å². The van der Waals surface area contributed by atoms with Gasteiger partial charge in [0.05, 0.1) is 23.1 Å². The highest BCUT2D eigenvalue weighted by Crippen LogP contribution is 2.44. The van der Waals surface area contributed by atoms with Gasteiger partial charge in [0.1, 0.15) is 11.2 Å². The Labute approximate surface area is 192 Å². The van der Waals surface area contributed by atoms with Crippen molar-refractivity contribution in [2.75, 3.05) is 0 Å². The first-order valence-electron chi connectivity index (χ1n) is 10.4. The third kappa shape index (κ3) is 2.38. The van der Waals surface area contributed by atoms with Crippen LogP contribution in [0.25, 0.3) is 32.6 Å². The second kappa shape index (κ2) is 6.56. The zero-order chi connectivity index (χ0) is 22.2. The lowest BCUT2D eigenvalue weighted by Crippen LogP contribution is -2.47. The molecule has 0 bridgehead atoms. The lowest BCUT2D eigenvalue weighted by Gasteiger charge is -2.36. The summed E-state index contributed by atoms with van der Waals surface area (Å²) >= 11 is 3.62. The van der Waals surface area contributed by atoms with Crippen molar-refractivity contribution in [1.29, 1.82) is 0 Å². The van der Waals surface area contributed by atoms with Crippen molar-refractivity contribution in [3.8, 4) is 0 Å². The Hall–Kier alpha value is -3.38. The predicted octanol–water partition coefficient (Wildman–Crippen LogP) is 5.73. The fourth-order valence-electron chi connectivity index (χ4n) is 5.03. The maximum atomic E-state index is 13.6. The molecule has 1 aliphatic rings. The van der Waals surface area contributed by atoms with Gasteiger partial charge in [-0.05, 0) is 53.1 Å². The van der Waals surface area contributed by atoms with Crippen LogP contribution in [0, 0.1) is 5.92 Å². The van der Waals surface area contributed by atoms with Crippen molar-refractivity contribution >= 4 is 60.1 Å². The van der Waals surface area contributed by atoms with Crippen LogP contribution in [0.5, 0.6) is 0 Å². The summed E-state index contributed by atoms with van der Waals surface area (Å²) in [5, 5.41) is 3.98. The summed E-state index contributed by atoms with van der Waals surface area (Å²) in [5.74, 6) is -0.683. The molecular weight excluding hydrogens is 466 g/mol. The van der Waals surface area contributed by atoms with E-state index in [9.17, 15) is 9.59 Å². The second-order valence-electron chi connectivity index (χ2n) is 8.53. The molecule has 5 aromatic rings. The molecule has 0 saturated heterocycles. The van der Waals surface area contributed by atoms with Crippen molar-refractivity contribution in [2.45, 2.75) is 19.3 Å². The topological polar surface area (TPSA) is 75.7 Å². The lowest BCUT2D eigenvalue weighted by molar-refractivity contribution is -0.125. The number of benzene rings is 3. The average Bonchev–Trinajstić information content (AvgIpc) is 3.28. The summed E-state index contributed by atoms with van der Waals surface area (Å²) in [6.07, 6.45) is 3.49. The molecule has 2 aromatic heterocycles. The van der Waals surface area contributed by atoms with Gasteiger partial charge in [-0.1, -0.05) is 52.3 Å². The highest BCUT2D eigenvalue weighted by atomic mass is 79.9. The van der Waals surface area contributed by atoms with Gasteiger partial charge in [-0.25, -0.2) is 9.97 Å². The zero-order valence-corrected chi connectivity index (χ0v) is 19.0. The van der Waals surface area contributed by atoms with Gasteiger partial charge in [-0.3, -0.25) is 9.59 Å². The maximum absolute atomic E-state index is 13.6. The van der Waals surface area contributed by atoms with E-state index in [0.29, 0.717) is 17.0 Å². The largest absolute Gasteiger partial charge is 0.359 e. The van der Waals surface area contributed by atoms with Crippen molar-refractivity contribution in [2.24, 2.45) is 5.92 Å². The molecule has 3 aromatic carbocycles. The van der Waals surface area contributed by atoms with Gasteiger partial charge in [0, 0.05) is 16.2 Å². The van der Waals surface area contributed by atoms with E-state index >= 15 is 0 Å². The molecule has 156 valence electrons. The van der Waals surface area contributed by atoms with Gasteiger partial charge >= 0.3 is 0 Å². The minimum atomic E-state index is -1.12. The maximum Gasteiger partial charge on any atom is 0.174 e. The second-order valence-corrected chi connectivity index (χ2v) is 9.38. The molecule has 0 amide bonds. The van der Waals surface area contributed by atoms with Crippen LogP contribution in [-0.2, 0) is 10.2 Å². The van der Waals surface area contributed by atoms with Crippen LogP contribution < -0.4 is 0 Å². The van der Waals surface area contributed by atoms with Crippen molar-refractivity contribution in [3.63, 3.8) is 0 Å². The van der Waals surface area contributed by atoms with Gasteiger partial charge in [-0.2, -0.15) is 0 Å². The molecule has 0 radical (unpaired) electrons. The van der Waals surface area contributed by atoms with Crippen LogP contribution in [-0.4, -0.2) is 26.5 Å². The molecule has 0 fully saturated rings. The minimum Gasteiger partial charge on any atom is -0.359 e. The van der Waals surface area contributed by atoms with Gasteiger partial charge in [0.2, 0.25) is 0 Å². The zero-order valence-electron chi connectivity index (χ0n) is 17.4. The number of hydrogen-bond acceptors (Lipinski definition) is 4. The van der Waals surface area contributed by atoms with Gasteiger partial charge in [0.25, 0.3) is 0 Å². The molecule has 2 heterocycles. The number of halogens is 1. The Kier molecular flexibility index (Phi) is 3.96. The van der Waals surface area contributed by atoms with E-state index < -0.39 is 11.3 Å². The van der Waals surface area contributed by atoms with Crippen molar-refractivity contribution in [3.05, 3.63) is 82.3 Å². The fourth-order valence-corrected chi connectivity index (χ4v) is 5.53. The van der Waals surface area contributed by atoms with E-state index in [4.69, 9.17) is 4.98 Å². The third-order valence-corrected chi connectivity index (χ3v) is 7.51. The molecule has 2 atom stereocenters. The van der Waals surface area contributed by atoms with Crippen molar-refractivity contribution < 1.29 is 9.59 Å². The normalized spacial score (nSPS) is 20.9. The monoisotopic (exact) mass is 483 g/mol. The Balaban J connectivity index is 1.71. The number of hydrogen-bond donors (Lipinski definition) is 1. The number of carbonyl (C=O) groups is 2. The molecule has 2 unspecified atom stereocenters. The number of aromatic nitrogens is 3. The average molecular weight is 484 g/mol. The molecule has 1 N–H and O–H groups in total. The van der Waals surface area contributed by atoms with E-state index in [1.807, 2.05) is 49.4 Å². The molecule has 6 rings (SSSR count). The van der Waals surface area contributed by atoms with E-state index in [1.54, 1.807) is 19.3 Å². The number of carbonyl (C=O) groups excluding carboxylic acids is 2.